The molecule has 0 aliphatic carbocycles. The van der Waals surface area contributed by atoms with Crippen molar-refractivity contribution in [3.8, 4) is 11.8 Å². The van der Waals surface area contributed by atoms with E-state index in [0.717, 1.165) is 11.3 Å². The highest BCUT2D eigenvalue weighted by Gasteiger charge is 2.09. The number of nitrogens with zero attached hydrogens (tertiary/aromatic N) is 3. The molecule has 1 aromatic carbocycles. The van der Waals surface area contributed by atoms with E-state index in [1.54, 1.807) is 18.3 Å². The number of anilines is 1. The van der Waals surface area contributed by atoms with Crippen LogP contribution in [-0.4, -0.2) is 18.1 Å². The summed E-state index contributed by atoms with van der Waals surface area (Å²) in [5.41, 5.74) is 1.69. The maximum atomic E-state index is 9.14. The summed E-state index contributed by atoms with van der Waals surface area (Å²) in [6, 6.07) is 13.7. The van der Waals surface area contributed by atoms with Crippen molar-refractivity contribution < 1.29 is 4.74 Å². The lowest BCUT2D eigenvalue weighted by atomic mass is 10.2. The standard InChI is InChI=1S/C17H19N3O/c1-13(2)21-16-8-4-6-14(10-16)12-20(3)17-15(11-18)7-5-9-19-17/h4-10,13H,12H2,1-3H3. The highest BCUT2D eigenvalue weighted by Crippen LogP contribution is 2.20. The van der Waals surface area contributed by atoms with Gasteiger partial charge in [-0.3, -0.25) is 0 Å². The van der Waals surface area contributed by atoms with Crippen LogP contribution in [0.5, 0.6) is 5.75 Å². The van der Waals surface area contributed by atoms with Gasteiger partial charge in [-0.15, -0.1) is 0 Å². The molecule has 0 spiro atoms. The van der Waals surface area contributed by atoms with Gasteiger partial charge in [0.25, 0.3) is 0 Å². The zero-order valence-corrected chi connectivity index (χ0v) is 12.6. The van der Waals surface area contributed by atoms with E-state index in [-0.39, 0.29) is 6.10 Å². The van der Waals surface area contributed by atoms with Crippen LogP contribution in [0.2, 0.25) is 0 Å². The Morgan fingerprint density at radius 3 is 2.81 bits per heavy atom. The van der Waals surface area contributed by atoms with Gasteiger partial charge in [0.1, 0.15) is 17.6 Å². The van der Waals surface area contributed by atoms with Gasteiger partial charge in [-0.2, -0.15) is 5.26 Å². The Balaban J connectivity index is 2.16. The van der Waals surface area contributed by atoms with Crippen molar-refractivity contribution in [1.82, 2.24) is 4.98 Å². The molecule has 2 aromatic rings. The molecule has 4 heteroatoms. The van der Waals surface area contributed by atoms with Gasteiger partial charge < -0.3 is 9.64 Å². The fourth-order valence-electron chi connectivity index (χ4n) is 2.13. The highest BCUT2D eigenvalue weighted by atomic mass is 16.5. The molecule has 0 saturated heterocycles. The summed E-state index contributed by atoms with van der Waals surface area (Å²) in [5, 5.41) is 9.14. The zero-order chi connectivity index (χ0) is 15.2. The van der Waals surface area contributed by atoms with Crippen LogP contribution >= 0.6 is 0 Å². The van der Waals surface area contributed by atoms with Gasteiger partial charge in [-0.1, -0.05) is 12.1 Å². The van der Waals surface area contributed by atoms with Crippen molar-refractivity contribution in [2.24, 2.45) is 0 Å². The minimum absolute atomic E-state index is 0.152. The molecular weight excluding hydrogens is 262 g/mol. The zero-order valence-electron chi connectivity index (χ0n) is 12.6. The van der Waals surface area contributed by atoms with Crippen LogP contribution in [0.15, 0.2) is 42.6 Å². The summed E-state index contributed by atoms with van der Waals surface area (Å²) >= 11 is 0. The molecule has 0 saturated carbocycles. The normalized spacial score (nSPS) is 10.2. The number of nitriles is 1. The third-order valence-corrected chi connectivity index (χ3v) is 2.96. The summed E-state index contributed by atoms with van der Waals surface area (Å²) in [6.45, 7) is 4.68. The van der Waals surface area contributed by atoms with Crippen LogP contribution in [0.3, 0.4) is 0 Å². The van der Waals surface area contributed by atoms with Crippen molar-refractivity contribution in [1.29, 1.82) is 5.26 Å². The van der Waals surface area contributed by atoms with Crippen molar-refractivity contribution in [2.45, 2.75) is 26.5 Å². The molecule has 4 nitrogen and oxygen atoms in total. The van der Waals surface area contributed by atoms with Gasteiger partial charge in [0.05, 0.1) is 11.7 Å². The molecule has 0 unspecified atom stereocenters. The fourth-order valence-corrected chi connectivity index (χ4v) is 2.13. The Morgan fingerprint density at radius 2 is 2.10 bits per heavy atom. The van der Waals surface area contributed by atoms with Crippen LogP contribution in [0, 0.1) is 11.3 Å². The Morgan fingerprint density at radius 1 is 1.29 bits per heavy atom. The molecule has 1 heterocycles. The van der Waals surface area contributed by atoms with Gasteiger partial charge in [-0.05, 0) is 43.7 Å². The first-order chi connectivity index (χ1) is 10.1. The summed E-state index contributed by atoms with van der Waals surface area (Å²) in [7, 11) is 1.93. The van der Waals surface area contributed by atoms with Crippen LogP contribution in [-0.2, 0) is 6.54 Å². The van der Waals surface area contributed by atoms with E-state index in [4.69, 9.17) is 10.00 Å². The van der Waals surface area contributed by atoms with E-state index >= 15 is 0 Å². The molecule has 21 heavy (non-hydrogen) atoms. The number of ether oxygens (including phenoxy) is 1. The Kier molecular flexibility index (Phi) is 4.78. The van der Waals surface area contributed by atoms with Crippen LogP contribution in [0.4, 0.5) is 5.82 Å². The van der Waals surface area contributed by atoms with E-state index in [9.17, 15) is 0 Å². The molecule has 0 atom stereocenters. The summed E-state index contributed by atoms with van der Waals surface area (Å²) in [5.74, 6) is 1.55. The highest BCUT2D eigenvalue weighted by molar-refractivity contribution is 5.53. The number of benzene rings is 1. The van der Waals surface area contributed by atoms with E-state index < -0.39 is 0 Å². The predicted octanol–water partition coefficient (Wildman–Crippen LogP) is 3.38. The maximum absolute atomic E-state index is 9.14. The predicted molar refractivity (Wildman–Crippen MR) is 83.3 cm³/mol. The van der Waals surface area contributed by atoms with Crippen molar-refractivity contribution in [3.63, 3.8) is 0 Å². The Bertz CT molecular complexity index is 646. The van der Waals surface area contributed by atoms with E-state index in [2.05, 4.69) is 11.1 Å². The molecule has 2 rings (SSSR count). The maximum Gasteiger partial charge on any atom is 0.146 e. The molecule has 0 amide bonds. The lowest BCUT2D eigenvalue weighted by Crippen LogP contribution is -2.19. The lowest BCUT2D eigenvalue weighted by Gasteiger charge is -2.19. The first kappa shape index (κ1) is 14.9. The Hall–Kier alpha value is -2.54. The quantitative estimate of drug-likeness (QED) is 0.843. The number of pyridine rings is 1. The average molecular weight is 281 g/mol. The number of rotatable bonds is 5. The molecule has 0 aliphatic heterocycles. The van der Waals surface area contributed by atoms with Crippen molar-refractivity contribution in [2.75, 3.05) is 11.9 Å². The largest absolute Gasteiger partial charge is 0.491 e. The summed E-state index contributed by atoms with van der Waals surface area (Å²) in [4.78, 5) is 6.25. The molecule has 0 radical (unpaired) electrons. The first-order valence-corrected chi connectivity index (χ1v) is 6.92. The van der Waals surface area contributed by atoms with E-state index in [1.807, 2.05) is 50.1 Å². The van der Waals surface area contributed by atoms with Gasteiger partial charge in [0.15, 0.2) is 0 Å². The van der Waals surface area contributed by atoms with Crippen LogP contribution < -0.4 is 9.64 Å². The first-order valence-electron chi connectivity index (χ1n) is 6.92. The summed E-state index contributed by atoms with van der Waals surface area (Å²) in [6.07, 6.45) is 1.85. The van der Waals surface area contributed by atoms with Gasteiger partial charge >= 0.3 is 0 Å². The van der Waals surface area contributed by atoms with E-state index in [1.165, 1.54) is 0 Å². The second-order valence-electron chi connectivity index (χ2n) is 5.16. The molecule has 108 valence electrons. The fraction of sp³-hybridized carbons (Fsp3) is 0.294. The van der Waals surface area contributed by atoms with E-state index in [0.29, 0.717) is 17.9 Å². The molecule has 0 N–H and O–H groups in total. The van der Waals surface area contributed by atoms with Crippen LogP contribution in [0.25, 0.3) is 0 Å². The monoisotopic (exact) mass is 281 g/mol. The molecule has 1 aromatic heterocycles. The SMILES string of the molecule is CC(C)Oc1cccc(CN(C)c2ncccc2C#N)c1. The average Bonchev–Trinajstić information content (AvgIpc) is 2.46. The molecule has 0 aliphatic rings. The minimum Gasteiger partial charge on any atom is -0.491 e. The van der Waals surface area contributed by atoms with Gasteiger partial charge in [-0.25, -0.2) is 4.98 Å². The minimum atomic E-state index is 0.152. The summed E-state index contributed by atoms with van der Waals surface area (Å²) < 4.78 is 5.70. The van der Waals surface area contributed by atoms with Gasteiger partial charge in [0, 0.05) is 19.8 Å². The topological polar surface area (TPSA) is 49.1 Å². The third kappa shape index (κ3) is 3.96. The van der Waals surface area contributed by atoms with Crippen molar-refractivity contribution in [3.05, 3.63) is 53.7 Å². The lowest BCUT2D eigenvalue weighted by molar-refractivity contribution is 0.242. The van der Waals surface area contributed by atoms with Crippen molar-refractivity contribution >= 4 is 5.82 Å². The number of hydrogen-bond donors (Lipinski definition) is 0. The molecular formula is C17H19N3O. The Labute approximate surface area is 125 Å². The molecule has 0 fully saturated rings. The van der Waals surface area contributed by atoms with Gasteiger partial charge in [0.2, 0.25) is 0 Å². The third-order valence-electron chi connectivity index (χ3n) is 2.96. The van der Waals surface area contributed by atoms with Crippen LogP contribution in [0.1, 0.15) is 25.0 Å². The smallest absolute Gasteiger partial charge is 0.146 e. The second kappa shape index (κ2) is 6.76. The second-order valence-corrected chi connectivity index (χ2v) is 5.16. The molecule has 0 bridgehead atoms. The number of aromatic nitrogens is 1. The number of hydrogen-bond acceptors (Lipinski definition) is 4.